The first kappa shape index (κ1) is 22.1. The maximum absolute atomic E-state index is 12.2. The summed E-state index contributed by atoms with van der Waals surface area (Å²) in [6, 6.07) is 9.75. The molecule has 7 nitrogen and oxygen atoms in total. The van der Waals surface area contributed by atoms with Crippen LogP contribution in [0.1, 0.15) is 44.0 Å². The van der Waals surface area contributed by atoms with Gasteiger partial charge in [0.05, 0.1) is 5.75 Å². The number of urea groups is 1. The van der Waals surface area contributed by atoms with E-state index in [0.717, 1.165) is 30.7 Å². The second-order valence-corrected chi connectivity index (χ2v) is 8.58. The summed E-state index contributed by atoms with van der Waals surface area (Å²) in [7, 11) is 0. The zero-order valence-electron chi connectivity index (χ0n) is 17.3. The summed E-state index contributed by atoms with van der Waals surface area (Å²) in [5, 5.41) is 14.5. The van der Waals surface area contributed by atoms with E-state index in [1.807, 2.05) is 34.9 Å². The second kappa shape index (κ2) is 11.0. The van der Waals surface area contributed by atoms with Crippen molar-refractivity contribution < 1.29 is 9.59 Å². The Morgan fingerprint density at radius 3 is 2.73 bits per heavy atom. The molecule has 0 aliphatic heterocycles. The van der Waals surface area contributed by atoms with Crippen molar-refractivity contribution in [3.63, 3.8) is 0 Å². The van der Waals surface area contributed by atoms with Crippen LogP contribution in [0.15, 0.2) is 48.1 Å². The van der Waals surface area contributed by atoms with E-state index in [1.165, 1.54) is 18.2 Å². The number of nitrogens with one attached hydrogen (secondary N) is 2. The third-order valence-electron chi connectivity index (χ3n) is 5.32. The van der Waals surface area contributed by atoms with E-state index in [-0.39, 0.29) is 17.7 Å². The van der Waals surface area contributed by atoms with Crippen LogP contribution in [0.3, 0.4) is 0 Å². The minimum Gasteiger partial charge on any atom is -0.335 e. The van der Waals surface area contributed by atoms with Crippen LogP contribution in [0, 0.1) is 5.92 Å². The number of carbonyl (C=O) groups excluding carboxylic acids is 2. The molecule has 2 unspecified atom stereocenters. The van der Waals surface area contributed by atoms with Crippen LogP contribution in [0.2, 0.25) is 0 Å². The first-order valence-corrected chi connectivity index (χ1v) is 11.4. The molecular weight excluding hydrogens is 398 g/mol. The van der Waals surface area contributed by atoms with Gasteiger partial charge in [-0.1, -0.05) is 67.9 Å². The highest BCUT2D eigenvalue weighted by Crippen LogP contribution is 2.23. The lowest BCUT2D eigenvalue weighted by Gasteiger charge is -2.29. The molecule has 1 aromatic carbocycles. The number of imide groups is 1. The zero-order chi connectivity index (χ0) is 21.3. The number of carbonyl (C=O) groups is 2. The van der Waals surface area contributed by atoms with Gasteiger partial charge in [0.1, 0.15) is 5.82 Å². The predicted molar refractivity (Wildman–Crippen MR) is 118 cm³/mol. The van der Waals surface area contributed by atoms with Gasteiger partial charge in [-0.15, -0.1) is 16.8 Å². The molecule has 30 heavy (non-hydrogen) atoms. The minimum absolute atomic E-state index is 0.0915. The molecular formula is C22H29N5O2S. The topological polar surface area (TPSA) is 88.9 Å². The van der Waals surface area contributed by atoms with Gasteiger partial charge < -0.3 is 9.88 Å². The van der Waals surface area contributed by atoms with E-state index < -0.39 is 6.03 Å². The number of hydrogen-bond acceptors (Lipinski definition) is 5. The molecule has 1 aliphatic rings. The van der Waals surface area contributed by atoms with E-state index >= 15 is 0 Å². The number of nitrogens with zero attached hydrogens (tertiary/aromatic N) is 3. The maximum Gasteiger partial charge on any atom is 0.321 e. The fourth-order valence-electron chi connectivity index (χ4n) is 3.68. The summed E-state index contributed by atoms with van der Waals surface area (Å²) in [4.78, 5) is 24.4. The summed E-state index contributed by atoms with van der Waals surface area (Å²) in [5.74, 6) is 0.995. The van der Waals surface area contributed by atoms with Crippen LogP contribution in [-0.2, 0) is 17.8 Å². The largest absolute Gasteiger partial charge is 0.335 e. The number of thioether (sulfide) groups is 1. The average molecular weight is 428 g/mol. The number of hydrogen-bond donors (Lipinski definition) is 2. The molecule has 2 atom stereocenters. The SMILES string of the molecule is C=CCn1c(Cc2ccccc2)nnc1SCC(=O)NC(=O)NC1CCCCC1C. The van der Waals surface area contributed by atoms with E-state index in [9.17, 15) is 9.59 Å². The Hall–Kier alpha value is -2.61. The maximum atomic E-state index is 12.2. The fourth-order valence-corrected chi connectivity index (χ4v) is 4.44. The van der Waals surface area contributed by atoms with Gasteiger partial charge in [0.2, 0.25) is 5.91 Å². The van der Waals surface area contributed by atoms with Crippen molar-refractivity contribution in [3.05, 3.63) is 54.4 Å². The Labute approximate surface area is 181 Å². The van der Waals surface area contributed by atoms with Gasteiger partial charge in [-0.25, -0.2) is 4.79 Å². The molecule has 2 N–H and O–H groups in total. The van der Waals surface area contributed by atoms with Crippen molar-refractivity contribution in [2.75, 3.05) is 5.75 Å². The molecule has 0 bridgehead atoms. The smallest absolute Gasteiger partial charge is 0.321 e. The third-order valence-corrected chi connectivity index (χ3v) is 6.29. The molecule has 8 heteroatoms. The van der Waals surface area contributed by atoms with Crippen LogP contribution in [0.4, 0.5) is 4.79 Å². The third kappa shape index (κ3) is 6.19. The van der Waals surface area contributed by atoms with Gasteiger partial charge in [0.15, 0.2) is 5.16 Å². The van der Waals surface area contributed by atoms with Gasteiger partial charge in [-0.05, 0) is 24.3 Å². The van der Waals surface area contributed by atoms with Gasteiger partial charge in [-0.3, -0.25) is 10.1 Å². The van der Waals surface area contributed by atoms with Crippen molar-refractivity contribution in [2.45, 2.75) is 56.8 Å². The van der Waals surface area contributed by atoms with Crippen LogP contribution in [0.5, 0.6) is 0 Å². The predicted octanol–water partition coefficient (Wildman–Crippen LogP) is 3.55. The highest BCUT2D eigenvalue weighted by Gasteiger charge is 2.23. The summed E-state index contributed by atoms with van der Waals surface area (Å²) < 4.78 is 1.95. The summed E-state index contributed by atoms with van der Waals surface area (Å²) in [6.45, 7) is 6.50. The van der Waals surface area contributed by atoms with Crippen LogP contribution >= 0.6 is 11.8 Å². The van der Waals surface area contributed by atoms with Crippen molar-refractivity contribution in [1.29, 1.82) is 0 Å². The normalized spacial score (nSPS) is 18.6. The van der Waals surface area contributed by atoms with E-state index in [2.05, 4.69) is 34.3 Å². The second-order valence-electron chi connectivity index (χ2n) is 7.64. The van der Waals surface area contributed by atoms with E-state index in [0.29, 0.717) is 24.0 Å². The molecule has 0 spiro atoms. The molecule has 2 aromatic rings. The zero-order valence-corrected chi connectivity index (χ0v) is 18.2. The Balaban J connectivity index is 1.53. The molecule has 1 aliphatic carbocycles. The monoisotopic (exact) mass is 427 g/mol. The van der Waals surface area contributed by atoms with Gasteiger partial charge in [0.25, 0.3) is 0 Å². The number of benzene rings is 1. The van der Waals surface area contributed by atoms with Crippen LogP contribution in [0.25, 0.3) is 0 Å². The first-order chi connectivity index (χ1) is 14.6. The van der Waals surface area contributed by atoms with E-state index in [1.54, 1.807) is 6.08 Å². The molecule has 1 aromatic heterocycles. The highest BCUT2D eigenvalue weighted by atomic mass is 32.2. The first-order valence-electron chi connectivity index (χ1n) is 10.4. The molecule has 1 saturated carbocycles. The number of amides is 3. The molecule has 3 amide bonds. The lowest BCUT2D eigenvalue weighted by atomic mass is 9.86. The molecule has 1 heterocycles. The van der Waals surface area contributed by atoms with E-state index in [4.69, 9.17) is 0 Å². The van der Waals surface area contributed by atoms with Gasteiger partial charge in [-0.2, -0.15) is 0 Å². The minimum atomic E-state index is -0.420. The van der Waals surface area contributed by atoms with Crippen LogP contribution < -0.4 is 10.6 Å². The molecule has 160 valence electrons. The highest BCUT2D eigenvalue weighted by molar-refractivity contribution is 7.99. The van der Waals surface area contributed by atoms with Gasteiger partial charge >= 0.3 is 6.03 Å². The summed E-state index contributed by atoms with van der Waals surface area (Å²) >= 11 is 1.26. The Kier molecular flexibility index (Phi) is 8.07. The molecule has 3 rings (SSSR count). The number of aromatic nitrogens is 3. The summed E-state index contributed by atoms with van der Waals surface area (Å²) in [5.41, 5.74) is 1.14. The van der Waals surface area contributed by atoms with Crippen molar-refractivity contribution in [2.24, 2.45) is 5.92 Å². The Bertz CT molecular complexity index is 868. The number of allylic oxidation sites excluding steroid dienone is 1. The van der Waals surface area contributed by atoms with Crippen molar-refractivity contribution in [1.82, 2.24) is 25.4 Å². The Morgan fingerprint density at radius 1 is 1.23 bits per heavy atom. The number of rotatable bonds is 8. The lowest BCUT2D eigenvalue weighted by molar-refractivity contribution is -0.117. The van der Waals surface area contributed by atoms with Crippen LogP contribution in [-0.4, -0.2) is 38.5 Å². The Morgan fingerprint density at radius 2 is 2.00 bits per heavy atom. The van der Waals surface area contributed by atoms with Crippen molar-refractivity contribution >= 4 is 23.7 Å². The summed E-state index contributed by atoms with van der Waals surface area (Å²) in [6.07, 6.45) is 6.82. The van der Waals surface area contributed by atoms with Gasteiger partial charge in [0, 0.05) is 19.0 Å². The quantitative estimate of drug-likeness (QED) is 0.497. The molecule has 1 fully saturated rings. The fraction of sp³-hybridized carbons (Fsp3) is 0.455. The molecule has 0 radical (unpaired) electrons. The lowest BCUT2D eigenvalue weighted by Crippen LogP contribution is -2.48. The average Bonchev–Trinajstić information content (AvgIpc) is 3.10. The van der Waals surface area contributed by atoms with Crippen molar-refractivity contribution in [3.8, 4) is 0 Å². The molecule has 0 saturated heterocycles. The standard InChI is InChI=1S/C22H29N5O2S/c1-3-13-27-19(14-17-10-5-4-6-11-17)25-26-22(27)30-15-20(28)24-21(29)23-18-12-8-7-9-16(18)2/h3-6,10-11,16,18H,1,7-9,12-15H2,2H3,(H2,23,24,28,29).